The van der Waals surface area contributed by atoms with Crippen molar-refractivity contribution in [3.8, 4) is 0 Å². The van der Waals surface area contributed by atoms with Gasteiger partial charge < -0.3 is 10.8 Å². The van der Waals surface area contributed by atoms with Crippen molar-refractivity contribution < 1.29 is 9.90 Å². The fourth-order valence-corrected chi connectivity index (χ4v) is 0.169. The van der Waals surface area contributed by atoms with Crippen LogP contribution in [-0.4, -0.2) is 17.6 Å². The van der Waals surface area contributed by atoms with Crippen LogP contribution >= 0.6 is 0 Å². The zero-order valence-electron chi connectivity index (χ0n) is 3.79. The van der Waals surface area contributed by atoms with Gasteiger partial charge in [0.25, 0.3) is 0 Å². The molecule has 0 unspecified atom stereocenters. The van der Waals surface area contributed by atoms with Crippen LogP contribution in [0.25, 0.3) is 0 Å². The van der Waals surface area contributed by atoms with Crippen LogP contribution in [0.1, 0.15) is 0 Å². The van der Waals surface area contributed by atoms with Crippen LogP contribution in [0, 0.1) is 0 Å². The van der Waals surface area contributed by atoms with Gasteiger partial charge in [-0.25, -0.2) is 4.79 Å². The lowest BCUT2D eigenvalue weighted by molar-refractivity contribution is -0.131. The molecule has 0 radical (unpaired) electrons. The summed E-state index contributed by atoms with van der Waals surface area (Å²) in [5.74, 6) is -0.953. The zero-order valence-corrected chi connectivity index (χ0v) is 3.79. The molecule has 0 rings (SSSR count). The lowest BCUT2D eigenvalue weighted by Gasteiger charge is -1.74. The molecule has 7 heavy (non-hydrogen) atoms. The van der Waals surface area contributed by atoms with E-state index in [1.807, 2.05) is 0 Å². The molecule has 0 aliphatic carbocycles. The number of rotatable bonds is 2. The number of hydrogen-bond acceptors (Lipinski definition) is 2. The summed E-state index contributed by atoms with van der Waals surface area (Å²) in [6, 6.07) is 0. The second kappa shape index (κ2) is 3.36. The van der Waals surface area contributed by atoms with Crippen molar-refractivity contribution in [2.75, 3.05) is 6.54 Å². The minimum Gasteiger partial charge on any atom is -0.478 e. The standard InChI is InChI=1S/C4H7NO2/c5-3-1-2-4(6)7/h1-2H,3,5H2,(H,6,7)/b2-1+. The molecule has 0 saturated heterocycles. The summed E-state index contributed by atoms with van der Waals surface area (Å²) in [6.45, 7) is 0.284. The first-order chi connectivity index (χ1) is 3.27. The Morgan fingerprint density at radius 1 is 1.86 bits per heavy atom. The number of carbonyl (C=O) groups is 1. The van der Waals surface area contributed by atoms with Crippen molar-refractivity contribution >= 4 is 5.97 Å². The van der Waals surface area contributed by atoms with E-state index in [0.29, 0.717) is 0 Å². The molecule has 0 aromatic carbocycles. The van der Waals surface area contributed by atoms with E-state index in [4.69, 9.17) is 10.8 Å². The van der Waals surface area contributed by atoms with Gasteiger partial charge in [-0.05, 0) is 0 Å². The maximum atomic E-state index is 9.62. The summed E-state index contributed by atoms with van der Waals surface area (Å²) < 4.78 is 0. The number of nitrogens with two attached hydrogens (primary N) is 1. The highest BCUT2D eigenvalue weighted by Crippen LogP contribution is 1.65. The van der Waals surface area contributed by atoms with Crippen LogP contribution in [0.15, 0.2) is 12.2 Å². The van der Waals surface area contributed by atoms with Gasteiger partial charge in [-0.2, -0.15) is 0 Å². The summed E-state index contributed by atoms with van der Waals surface area (Å²) in [7, 11) is 0. The highest BCUT2D eigenvalue weighted by molar-refractivity contribution is 5.79. The van der Waals surface area contributed by atoms with Gasteiger partial charge in [0.2, 0.25) is 0 Å². The largest absolute Gasteiger partial charge is 0.478 e. The Bertz CT molecular complexity index is 87.7. The first-order valence-electron chi connectivity index (χ1n) is 1.87. The molecule has 0 amide bonds. The van der Waals surface area contributed by atoms with E-state index in [-0.39, 0.29) is 6.54 Å². The van der Waals surface area contributed by atoms with E-state index >= 15 is 0 Å². The Hall–Kier alpha value is -0.830. The number of hydrogen-bond donors (Lipinski definition) is 2. The fourth-order valence-electron chi connectivity index (χ4n) is 0.169. The summed E-state index contributed by atoms with van der Waals surface area (Å²) in [4.78, 5) is 9.62. The van der Waals surface area contributed by atoms with Gasteiger partial charge in [0.1, 0.15) is 0 Å². The minimum absolute atomic E-state index is 0.284. The third kappa shape index (κ3) is 5.17. The second-order valence-electron chi connectivity index (χ2n) is 0.976. The molecule has 40 valence electrons. The first-order valence-corrected chi connectivity index (χ1v) is 1.87. The van der Waals surface area contributed by atoms with Gasteiger partial charge in [0, 0.05) is 12.6 Å². The van der Waals surface area contributed by atoms with Gasteiger partial charge >= 0.3 is 5.97 Å². The van der Waals surface area contributed by atoms with E-state index in [1.54, 1.807) is 0 Å². The molecular formula is C4H7NO2. The van der Waals surface area contributed by atoms with Crippen LogP contribution in [0.3, 0.4) is 0 Å². The van der Waals surface area contributed by atoms with E-state index in [1.165, 1.54) is 6.08 Å². The normalized spacial score (nSPS) is 9.86. The Morgan fingerprint density at radius 3 is 2.57 bits per heavy atom. The summed E-state index contributed by atoms with van der Waals surface area (Å²) in [6.07, 6.45) is 2.39. The van der Waals surface area contributed by atoms with E-state index in [0.717, 1.165) is 6.08 Å². The summed E-state index contributed by atoms with van der Waals surface area (Å²) in [5, 5.41) is 7.90. The SMILES string of the molecule is NC/C=C/C(=O)O. The highest BCUT2D eigenvalue weighted by atomic mass is 16.4. The average molecular weight is 101 g/mol. The molecule has 0 fully saturated rings. The lowest BCUT2D eigenvalue weighted by atomic mass is 10.5. The van der Waals surface area contributed by atoms with Gasteiger partial charge in [-0.1, -0.05) is 6.08 Å². The number of carboxylic acids is 1. The first kappa shape index (κ1) is 6.17. The van der Waals surface area contributed by atoms with Gasteiger partial charge in [0.15, 0.2) is 0 Å². The molecule has 0 spiro atoms. The second-order valence-corrected chi connectivity index (χ2v) is 0.976. The molecule has 0 atom stereocenters. The summed E-state index contributed by atoms with van der Waals surface area (Å²) >= 11 is 0. The van der Waals surface area contributed by atoms with Crippen LogP contribution in [0.4, 0.5) is 0 Å². The van der Waals surface area contributed by atoms with Crippen molar-refractivity contribution in [2.45, 2.75) is 0 Å². The Labute approximate surface area is 41.4 Å². The maximum absolute atomic E-state index is 9.62. The fraction of sp³-hybridized carbons (Fsp3) is 0.250. The molecule has 0 aromatic rings. The van der Waals surface area contributed by atoms with Crippen molar-refractivity contribution in [2.24, 2.45) is 5.73 Å². The van der Waals surface area contributed by atoms with Crippen LogP contribution in [0.5, 0.6) is 0 Å². The Morgan fingerprint density at radius 2 is 2.43 bits per heavy atom. The predicted molar refractivity (Wildman–Crippen MR) is 25.8 cm³/mol. The molecular weight excluding hydrogens is 94.0 g/mol. The van der Waals surface area contributed by atoms with Crippen LogP contribution < -0.4 is 5.73 Å². The average Bonchev–Trinajstić information content (AvgIpc) is 1.61. The maximum Gasteiger partial charge on any atom is 0.328 e. The topological polar surface area (TPSA) is 63.3 Å². The third-order valence-electron chi connectivity index (χ3n) is 0.397. The van der Waals surface area contributed by atoms with Crippen molar-refractivity contribution in [1.82, 2.24) is 0 Å². The quantitative estimate of drug-likeness (QED) is 0.464. The molecule has 0 aromatic heterocycles. The highest BCUT2D eigenvalue weighted by Gasteiger charge is 1.79. The minimum atomic E-state index is -0.953. The molecule has 3 heteroatoms. The Kier molecular flexibility index (Phi) is 2.96. The Balaban J connectivity index is 3.26. The zero-order chi connectivity index (χ0) is 5.70. The summed E-state index contributed by atoms with van der Waals surface area (Å²) in [5.41, 5.74) is 4.93. The van der Waals surface area contributed by atoms with Crippen LogP contribution in [-0.2, 0) is 4.79 Å². The number of carboxylic acid groups (broad SMARTS) is 1. The smallest absolute Gasteiger partial charge is 0.328 e. The molecule has 0 saturated carbocycles. The molecule has 0 bridgehead atoms. The van der Waals surface area contributed by atoms with Crippen molar-refractivity contribution in [3.05, 3.63) is 12.2 Å². The molecule has 0 aliphatic rings. The van der Waals surface area contributed by atoms with Gasteiger partial charge in [-0.15, -0.1) is 0 Å². The van der Waals surface area contributed by atoms with Crippen molar-refractivity contribution in [3.63, 3.8) is 0 Å². The van der Waals surface area contributed by atoms with E-state index in [9.17, 15) is 4.79 Å². The van der Waals surface area contributed by atoms with Gasteiger partial charge in [0.05, 0.1) is 0 Å². The molecule has 0 aliphatic heterocycles. The van der Waals surface area contributed by atoms with Crippen molar-refractivity contribution in [1.29, 1.82) is 0 Å². The molecule has 3 N–H and O–H groups in total. The predicted octanol–water partition coefficient (Wildman–Crippen LogP) is -0.414. The van der Waals surface area contributed by atoms with Gasteiger partial charge in [-0.3, -0.25) is 0 Å². The lowest BCUT2D eigenvalue weighted by Crippen LogP contribution is -1.95. The number of aliphatic carboxylic acids is 1. The monoisotopic (exact) mass is 101 g/mol. The third-order valence-corrected chi connectivity index (χ3v) is 0.397. The molecule has 0 heterocycles. The van der Waals surface area contributed by atoms with E-state index in [2.05, 4.69) is 0 Å². The molecule has 3 nitrogen and oxygen atoms in total. The van der Waals surface area contributed by atoms with Crippen LogP contribution in [0.2, 0.25) is 0 Å². The van der Waals surface area contributed by atoms with E-state index < -0.39 is 5.97 Å².